The molecule has 0 spiro atoms. The van der Waals surface area contributed by atoms with Gasteiger partial charge in [-0.3, -0.25) is 14.4 Å². The molecule has 1 aromatic carbocycles. The quantitative estimate of drug-likeness (QED) is 0.326. The fourth-order valence-corrected chi connectivity index (χ4v) is 5.23. The molecule has 2 atom stereocenters. The number of ether oxygens (including phenoxy) is 3. The first kappa shape index (κ1) is 29.5. The van der Waals surface area contributed by atoms with Gasteiger partial charge < -0.3 is 29.8 Å². The van der Waals surface area contributed by atoms with Gasteiger partial charge in [0.25, 0.3) is 11.8 Å². The summed E-state index contributed by atoms with van der Waals surface area (Å²) in [7, 11) is 0. The number of carbonyl (C=O) groups is 3. The molecule has 3 heterocycles. The second-order valence-corrected chi connectivity index (χ2v) is 11.8. The standard InChI is InChI=1S/C30H38FN3O6/c1-16-24(15-22-21-12-18(31)8-9-23(21)34-27(22)36)33-17(2)26(16)28(37)32-11-10-19-13-20(39-30(6,7)38-19)14-25(35)40-29(3,4)5/h8-9,12,15,19-20,33H,10-11,13-14H2,1-7H3,(H,32,37)(H,34,36)/b22-15-. The van der Waals surface area contributed by atoms with E-state index in [1.54, 1.807) is 33.8 Å². The van der Waals surface area contributed by atoms with E-state index >= 15 is 0 Å². The van der Waals surface area contributed by atoms with Gasteiger partial charge in [-0.1, -0.05) is 0 Å². The molecule has 0 radical (unpaired) electrons. The topological polar surface area (TPSA) is 119 Å². The second kappa shape index (κ2) is 11.2. The van der Waals surface area contributed by atoms with Crippen LogP contribution in [0, 0.1) is 19.7 Å². The molecule has 2 aliphatic heterocycles. The molecule has 10 heteroatoms. The van der Waals surface area contributed by atoms with Gasteiger partial charge >= 0.3 is 5.97 Å². The fraction of sp³-hybridized carbons (Fsp3) is 0.500. The minimum Gasteiger partial charge on any atom is -0.460 e. The number of fused-ring (bicyclic) bond motifs is 1. The van der Waals surface area contributed by atoms with E-state index in [1.807, 2.05) is 20.8 Å². The lowest BCUT2D eigenvalue weighted by Crippen LogP contribution is -2.46. The normalized spacial score (nSPS) is 21.2. The predicted octanol–water partition coefficient (Wildman–Crippen LogP) is 5.03. The van der Waals surface area contributed by atoms with E-state index in [1.165, 1.54) is 18.2 Å². The number of hydrogen-bond acceptors (Lipinski definition) is 6. The summed E-state index contributed by atoms with van der Waals surface area (Å²) in [4.78, 5) is 41.2. The number of carbonyl (C=O) groups excluding carboxylic acids is 3. The van der Waals surface area contributed by atoms with Crippen LogP contribution in [0.2, 0.25) is 0 Å². The SMILES string of the molecule is Cc1[nH]c(/C=C2\C(=O)Nc3ccc(F)cc32)c(C)c1C(=O)NCCC1CC(CC(=O)OC(C)(C)C)OC(C)(C)O1. The van der Waals surface area contributed by atoms with Gasteiger partial charge in [-0.2, -0.15) is 0 Å². The fourth-order valence-electron chi connectivity index (χ4n) is 5.23. The number of hydrogen-bond donors (Lipinski definition) is 3. The van der Waals surface area contributed by atoms with Crippen LogP contribution in [-0.2, 0) is 23.8 Å². The second-order valence-electron chi connectivity index (χ2n) is 11.8. The molecule has 2 aliphatic rings. The van der Waals surface area contributed by atoms with Gasteiger partial charge in [-0.05, 0) is 84.7 Å². The Morgan fingerprint density at radius 3 is 2.60 bits per heavy atom. The van der Waals surface area contributed by atoms with E-state index in [9.17, 15) is 18.8 Å². The number of nitrogens with one attached hydrogen (secondary N) is 3. The molecular weight excluding hydrogens is 517 g/mol. The number of rotatable bonds is 7. The minimum atomic E-state index is -0.871. The first-order valence-corrected chi connectivity index (χ1v) is 13.5. The van der Waals surface area contributed by atoms with Crippen molar-refractivity contribution in [2.75, 3.05) is 11.9 Å². The number of esters is 1. The molecule has 2 unspecified atom stereocenters. The highest BCUT2D eigenvalue weighted by Gasteiger charge is 2.37. The molecule has 4 rings (SSSR count). The summed E-state index contributed by atoms with van der Waals surface area (Å²) in [6.07, 6.45) is 2.24. The molecule has 9 nitrogen and oxygen atoms in total. The zero-order valence-electron chi connectivity index (χ0n) is 24.1. The van der Waals surface area contributed by atoms with Crippen molar-refractivity contribution in [1.29, 1.82) is 0 Å². The Kier molecular flexibility index (Phi) is 8.23. The largest absolute Gasteiger partial charge is 0.460 e. The Bertz CT molecular complexity index is 1350. The number of anilines is 1. The maximum absolute atomic E-state index is 13.8. The van der Waals surface area contributed by atoms with Crippen LogP contribution in [0.25, 0.3) is 11.6 Å². The van der Waals surface area contributed by atoms with Crippen molar-refractivity contribution in [1.82, 2.24) is 10.3 Å². The highest BCUT2D eigenvalue weighted by Crippen LogP contribution is 2.34. The molecular formula is C30H38FN3O6. The van der Waals surface area contributed by atoms with E-state index < -0.39 is 17.2 Å². The van der Waals surface area contributed by atoms with Crippen molar-refractivity contribution in [3.05, 3.63) is 52.1 Å². The number of aromatic amines is 1. The average Bonchev–Trinajstić information content (AvgIpc) is 3.25. The van der Waals surface area contributed by atoms with Gasteiger partial charge in [-0.25, -0.2) is 4.39 Å². The molecule has 0 aliphatic carbocycles. The number of amides is 2. The van der Waals surface area contributed by atoms with Crippen LogP contribution in [0.15, 0.2) is 18.2 Å². The zero-order chi connectivity index (χ0) is 29.4. The number of benzene rings is 1. The molecule has 3 N–H and O–H groups in total. The predicted molar refractivity (Wildman–Crippen MR) is 149 cm³/mol. The van der Waals surface area contributed by atoms with Gasteiger partial charge in [0.05, 0.1) is 29.8 Å². The van der Waals surface area contributed by atoms with Gasteiger partial charge in [-0.15, -0.1) is 0 Å². The Hall–Kier alpha value is -3.50. The van der Waals surface area contributed by atoms with Gasteiger partial charge in [0.2, 0.25) is 0 Å². The monoisotopic (exact) mass is 555 g/mol. The molecule has 2 amide bonds. The van der Waals surface area contributed by atoms with Gasteiger partial charge in [0.15, 0.2) is 5.79 Å². The Morgan fingerprint density at radius 1 is 1.20 bits per heavy atom. The molecule has 0 saturated carbocycles. The summed E-state index contributed by atoms with van der Waals surface area (Å²) in [6, 6.07) is 4.13. The minimum absolute atomic E-state index is 0.127. The Labute approximate surface area is 233 Å². The van der Waals surface area contributed by atoms with Crippen LogP contribution in [0.1, 0.15) is 86.8 Å². The van der Waals surface area contributed by atoms with Crippen molar-refractivity contribution < 1.29 is 33.0 Å². The first-order chi connectivity index (χ1) is 18.6. The molecule has 1 fully saturated rings. The lowest BCUT2D eigenvalue weighted by Gasteiger charge is -2.40. The number of H-pyrrole nitrogens is 1. The van der Waals surface area contributed by atoms with Crippen molar-refractivity contribution in [3.8, 4) is 0 Å². The van der Waals surface area contributed by atoms with Crippen LogP contribution in [0.4, 0.5) is 10.1 Å². The van der Waals surface area contributed by atoms with E-state index in [0.717, 1.165) is 0 Å². The smallest absolute Gasteiger partial charge is 0.308 e. The average molecular weight is 556 g/mol. The first-order valence-electron chi connectivity index (χ1n) is 13.5. The number of halogens is 1. The van der Waals surface area contributed by atoms with Crippen LogP contribution < -0.4 is 10.6 Å². The number of aryl methyl sites for hydroxylation is 1. The van der Waals surface area contributed by atoms with Crippen molar-refractivity contribution in [2.24, 2.45) is 0 Å². The van der Waals surface area contributed by atoms with Gasteiger partial charge in [0, 0.05) is 35.6 Å². The van der Waals surface area contributed by atoms with Crippen LogP contribution >= 0.6 is 0 Å². The molecule has 40 heavy (non-hydrogen) atoms. The molecule has 1 saturated heterocycles. The summed E-state index contributed by atoms with van der Waals surface area (Å²) >= 11 is 0. The molecule has 2 aromatic rings. The van der Waals surface area contributed by atoms with Gasteiger partial charge in [0.1, 0.15) is 11.4 Å². The third-order valence-electron chi connectivity index (χ3n) is 6.75. The Morgan fingerprint density at radius 2 is 1.90 bits per heavy atom. The van der Waals surface area contributed by atoms with Crippen molar-refractivity contribution >= 4 is 35.1 Å². The summed E-state index contributed by atoms with van der Waals surface area (Å²) < 4.78 is 31.2. The maximum atomic E-state index is 13.8. The van der Waals surface area contributed by atoms with Crippen molar-refractivity contribution in [3.63, 3.8) is 0 Å². The van der Waals surface area contributed by atoms with E-state index in [4.69, 9.17) is 14.2 Å². The highest BCUT2D eigenvalue weighted by atomic mass is 19.1. The van der Waals surface area contributed by atoms with E-state index in [2.05, 4.69) is 15.6 Å². The molecule has 1 aromatic heterocycles. The van der Waals surface area contributed by atoms with E-state index in [0.29, 0.717) is 58.7 Å². The summed E-state index contributed by atoms with van der Waals surface area (Å²) in [5.41, 5.74) is 3.20. The van der Waals surface area contributed by atoms with Crippen LogP contribution in [0.5, 0.6) is 0 Å². The third-order valence-corrected chi connectivity index (χ3v) is 6.75. The summed E-state index contributed by atoms with van der Waals surface area (Å²) in [5.74, 6) is -2.22. The number of aromatic nitrogens is 1. The van der Waals surface area contributed by atoms with Crippen molar-refractivity contribution in [2.45, 2.75) is 91.3 Å². The summed E-state index contributed by atoms with van der Waals surface area (Å²) in [6.45, 7) is 13.0. The molecule has 216 valence electrons. The molecule has 0 bridgehead atoms. The lowest BCUT2D eigenvalue weighted by molar-refractivity contribution is -0.300. The summed E-state index contributed by atoms with van der Waals surface area (Å²) in [5, 5.41) is 5.69. The lowest BCUT2D eigenvalue weighted by atomic mass is 10.0. The highest BCUT2D eigenvalue weighted by molar-refractivity contribution is 6.34. The van der Waals surface area contributed by atoms with Crippen LogP contribution in [-0.4, -0.2) is 52.9 Å². The maximum Gasteiger partial charge on any atom is 0.308 e. The van der Waals surface area contributed by atoms with Crippen LogP contribution in [0.3, 0.4) is 0 Å². The zero-order valence-corrected chi connectivity index (χ0v) is 24.1. The Balaban J connectivity index is 1.39. The third kappa shape index (κ3) is 6.98. The van der Waals surface area contributed by atoms with E-state index in [-0.39, 0.29) is 36.4 Å².